The highest BCUT2D eigenvalue weighted by Crippen LogP contribution is 2.76. The molecule has 782 valence electrons. The third-order valence-corrected chi connectivity index (χ3v) is 33.8. The quantitative estimate of drug-likeness (QED) is 0.0122. The van der Waals surface area contributed by atoms with E-state index in [1.807, 2.05) is 41.5 Å². The summed E-state index contributed by atoms with van der Waals surface area (Å²) in [5.74, 6) is -4.69. The van der Waals surface area contributed by atoms with Crippen molar-refractivity contribution in [1.82, 2.24) is 5.32 Å². The second-order valence-corrected chi connectivity index (χ2v) is 43.0. The second-order valence-electron chi connectivity index (χ2n) is 43.0. The molecule has 23 N–H and O–H groups in total. The van der Waals surface area contributed by atoms with E-state index in [0.29, 0.717) is 57.8 Å². The van der Waals surface area contributed by atoms with Gasteiger partial charge >= 0.3 is 5.97 Å². The average Bonchev–Trinajstić information content (AvgIpc) is 0.675. The van der Waals surface area contributed by atoms with Crippen molar-refractivity contribution in [3.63, 3.8) is 0 Å². The molecule has 8 heterocycles. The number of hydrogen-bond donors (Lipinski definition) is 23. The molecule has 136 heavy (non-hydrogen) atoms. The van der Waals surface area contributed by atoms with E-state index in [9.17, 15) is 127 Å². The molecule has 1 amide bonds. The first-order chi connectivity index (χ1) is 64.0. The van der Waals surface area contributed by atoms with E-state index in [1.165, 1.54) is 6.92 Å². The van der Waals surface area contributed by atoms with Crippen LogP contribution in [0.5, 0.6) is 0 Å². The summed E-state index contributed by atoms with van der Waals surface area (Å²) in [5.41, 5.74) is -7.25. The number of carbonyl (C=O) groups is 4. The van der Waals surface area contributed by atoms with Crippen molar-refractivity contribution in [2.24, 2.45) is 68.0 Å². The van der Waals surface area contributed by atoms with Crippen LogP contribution in [0, 0.1) is 68.0 Å². The highest BCUT2D eigenvalue weighted by Gasteiger charge is 2.74. The Morgan fingerprint density at radius 2 is 1.10 bits per heavy atom. The zero-order valence-electron chi connectivity index (χ0n) is 79.5. The van der Waals surface area contributed by atoms with Crippen LogP contribution in [0.15, 0.2) is 11.6 Å². The number of hydrogen-bond acceptors (Lipinski definition) is 42. The Bertz CT molecular complexity index is 3970. The number of esters is 1. The summed E-state index contributed by atoms with van der Waals surface area (Å²) in [4.78, 5) is 59.3. The number of aldehydes is 1. The zero-order chi connectivity index (χ0) is 99.6. The lowest BCUT2D eigenvalue weighted by molar-refractivity contribution is -0.384. The molecule has 13 rings (SSSR count). The highest BCUT2D eigenvalue weighted by molar-refractivity contribution is 5.80. The van der Waals surface area contributed by atoms with Gasteiger partial charge in [0, 0.05) is 19.3 Å². The van der Waals surface area contributed by atoms with Crippen molar-refractivity contribution < 1.29 is 207 Å². The fourth-order valence-corrected chi connectivity index (χ4v) is 24.7. The van der Waals surface area contributed by atoms with Crippen LogP contribution in [0.2, 0.25) is 0 Å². The normalized spacial score (nSPS) is 48.8. The van der Waals surface area contributed by atoms with E-state index >= 15 is 4.79 Å². The van der Waals surface area contributed by atoms with Crippen molar-refractivity contribution in [3.8, 4) is 0 Å². The number of nitrogens with one attached hydrogen (secondary N) is 1. The Kier molecular flexibility index (Phi) is 35.6. The molecule has 4 saturated carbocycles. The summed E-state index contributed by atoms with van der Waals surface area (Å²) in [7, 11) is 0. The van der Waals surface area contributed by atoms with Gasteiger partial charge in [-0.2, -0.15) is 0 Å². The third kappa shape index (κ3) is 21.3. The lowest BCUT2D eigenvalue weighted by atomic mass is 9.33. The minimum absolute atomic E-state index is 0.0161. The van der Waals surface area contributed by atoms with E-state index < -0.39 is 354 Å². The molecular weight excluding hydrogens is 1800 g/mol. The molecule has 8 saturated heterocycles. The molecule has 8 aliphatic heterocycles. The van der Waals surface area contributed by atoms with E-state index in [0.717, 1.165) is 11.9 Å². The van der Waals surface area contributed by atoms with Crippen molar-refractivity contribution in [2.45, 2.75) is 431 Å². The van der Waals surface area contributed by atoms with Crippen LogP contribution in [0.4, 0.5) is 0 Å². The van der Waals surface area contributed by atoms with Crippen molar-refractivity contribution in [2.75, 3.05) is 46.2 Å². The summed E-state index contributed by atoms with van der Waals surface area (Å²) in [6, 6.07) is -1.72. The molecule has 13 aliphatic rings. The number of carbonyl (C=O) groups excluding carboxylic acids is 4. The third-order valence-electron chi connectivity index (χ3n) is 33.8. The van der Waals surface area contributed by atoms with Gasteiger partial charge in [0.1, 0.15) is 151 Å². The summed E-state index contributed by atoms with van der Waals surface area (Å²) >= 11 is 0. The Balaban J connectivity index is 0.745. The molecule has 50 atom stereocenters. The second kappa shape index (κ2) is 44.1. The van der Waals surface area contributed by atoms with Gasteiger partial charge in [-0.3, -0.25) is 14.4 Å². The van der Waals surface area contributed by atoms with Crippen molar-refractivity contribution in [1.29, 1.82) is 0 Å². The summed E-state index contributed by atoms with van der Waals surface area (Å²) in [6.07, 6.45) is -54.7. The van der Waals surface area contributed by atoms with Crippen LogP contribution < -0.4 is 5.32 Å². The molecule has 0 radical (unpaired) electrons. The summed E-state index contributed by atoms with van der Waals surface area (Å²) in [6.45, 7) is 18.0. The van der Waals surface area contributed by atoms with Gasteiger partial charge in [0.2, 0.25) is 12.2 Å². The summed E-state index contributed by atoms with van der Waals surface area (Å²) < 4.78 is 97.5. The van der Waals surface area contributed by atoms with Crippen LogP contribution in [0.1, 0.15) is 192 Å². The monoisotopic (exact) mass is 1960 g/mol. The van der Waals surface area contributed by atoms with Gasteiger partial charge in [-0.05, 0) is 135 Å². The molecule has 0 aromatic heterocycles. The molecule has 15 unspecified atom stereocenters. The molecule has 0 aromatic carbocycles. The highest BCUT2D eigenvalue weighted by atomic mass is 16.8. The minimum Gasteiger partial charge on any atom is -0.432 e. The van der Waals surface area contributed by atoms with Crippen LogP contribution in [0.25, 0.3) is 0 Å². The summed E-state index contributed by atoms with van der Waals surface area (Å²) in [5, 5.41) is 250. The van der Waals surface area contributed by atoms with Gasteiger partial charge in [0.05, 0.1) is 107 Å². The van der Waals surface area contributed by atoms with E-state index in [2.05, 4.69) is 32.2 Å². The number of aliphatic hydroxyl groups excluding tert-OH is 21. The van der Waals surface area contributed by atoms with Gasteiger partial charge in [0.25, 0.3) is 0 Å². The van der Waals surface area contributed by atoms with Crippen LogP contribution in [0.3, 0.4) is 0 Å². The smallest absolute Gasteiger partial charge is 0.317 e. The predicted octanol–water partition coefficient (Wildman–Crippen LogP) is -4.51. The van der Waals surface area contributed by atoms with E-state index in [4.69, 9.17) is 75.8 Å². The first-order valence-electron chi connectivity index (χ1n) is 48.7. The number of rotatable bonds is 36. The van der Waals surface area contributed by atoms with Gasteiger partial charge in [-0.1, -0.05) is 101 Å². The first-order valence-corrected chi connectivity index (χ1v) is 48.7. The fraction of sp³-hybridized carbons (Fsp3) is 0.935. The van der Waals surface area contributed by atoms with E-state index in [1.54, 1.807) is 13.8 Å². The van der Waals surface area contributed by atoms with Crippen LogP contribution in [-0.2, 0) is 95.0 Å². The number of Topliss-reactive ketones (excluding diaryl/α,β-unsaturated/α-hetero) is 1. The number of ether oxygens (including phenoxy) is 16. The van der Waals surface area contributed by atoms with Crippen LogP contribution in [-0.4, -0.2) is 422 Å². The lowest BCUT2D eigenvalue weighted by Gasteiger charge is -2.71. The van der Waals surface area contributed by atoms with Gasteiger partial charge in [-0.15, -0.1) is 0 Å². The maximum absolute atomic E-state index is 16.4. The molecule has 43 heteroatoms. The number of aliphatic hydroxyl groups is 22. The van der Waals surface area contributed by atoms with E-state index in [-0.39, 0.29) is 68.5 Å². The lowest BCUT2D eigenvalue weighted by Crippen LogP contribution is -2.70. The Morgan fingerprint density at radius 1 is 0.529 bits per heavy atom. The standard InChI is InChI=1S/C93H153NO42/c1-13-39(4)42(24-43(99)26-45(101)27-52(40(5)14-2)127-81-68(114)62(108)51(15-3)126-81)25-44(100)28-59(106)94-60-53(31-95)128-84(75(64(60)110)134-80-70(116)66(112)72(41(6)125-80)131-79-71(117)73(49(103)34-122-79)132-85-77(118)92(120,37-98)38-124-85)136-86(119)93-23-22-87(7,8)29-47(93)46-16-17-56-88(9)20-19-58(89(10,36-97)55(88)18-21-90(56,11)91(46,12)30-57(93)105)130-83-76(135-82-69(115)65(111)63(109)54(32-96)129-82)74(50(104)35-123-83)133-78-67(113)61(107)48(102)33-121-78/h16,36,39-42,44-45,47-58,60-85,95-96,98,100-105,107-118,120H,13-15,17-35,37-38H2,1-12H3,(H,94,106)/t39-,40-,41?,42+,44+,45-,47?,48-,49-,50-,51+,52+,53?,54?,55-,56?,57?,58+,60+,61+,62?,63+,64?,65+,66?,67?,68+,69?,70+,71-,72+,73?,74+,75-,76?,77-,78+,79+,80+,81+,82+,83+,84+,85+,88?,89-,90+,91-,92?,93-/m1/s1. The van der Waals surface area contributed by atoms with Crippen molar-refractivity contribution in [3.05, 3.63) is 11.6 Å². The Labute approximate surface area is 790 Å². The molecule has 0 aromatic rings. The molecule has 43 nitrogen and oxygen atoms in total. The largest absolute Gasteiger partial charge is 0.432 e. The maximum Gasteiger partial charge on any atom is 0.317 e. The Morgan fingerprint density at radius 3 is 1.74 bits per heavy atom. The first kappa shape index (κ1) is 110. The van der Waals surface area contributed by atoms with Crippen molar-refractivity contribution >= 4 is 23.9 Å². The topological polar surface area (TPSA) is 673 Å². The number of allylic oxidation sites excluding steroid dienone is 2. The number of fused-ring (bicyclic) bond motifs is 7. The van der Waals surface area contributed by atoms with Gasteiger partial charge in [-0.25, -0.2) is 0 Å². The zero-order valence-corrected chi connectivity index (χ0v) is 79.5. The number of amides is 1. The number of ketones is 1. The van der Waals surface area contributed by atoms with Crippen LogP contribution >= 0.6 is 0 Å². The van der Waals surface area contributed by atoms with Gasteiger partial charge < -0.3 is 198 Å². The maximum atomic E-state index is 16.4. The van der Waals surface area contributed by atoms with Gasteiger partial charge in [0.15, 0.2) is 50.1 Å². The fourth-order valence-electron chi connectivity index (χ4n) is 24.7. The molecule has 0 bridgehead atoms. The molecular formula is C93H153NO42. The predicted molar refractivity (Wildman–Crippen MR) is 461 cm³/mol. The molecule has 5 aliphatic carbocycles. The minimum atomic E-state index is -2.20. The average molecular weight is 1960 g/mol. The molecule has 0 spiro atoms. The Hall–Kier alpha value is -3.46. The SMILES string of the molecule is CC[C@@H]1O[C@@H](O[C@@H](C[C@H](O)CC(=O)C[C@@H](C[C@H](O)CC(=O)N[C@H]2C(CO)O[C@@H](OC(=O)[C@]34CCC(C)(C)CC3C3=CCC5C6(C)CC[C@H](O[C@@H]7OC[C@@H](O)[C@H](O[C@@H]8OC[C@@H](O)[C@H](O)C8O)C7O[C@@H]7OC(CO)[C@H](O)[C@H](O)C7O)[C@](C)(C=O)[C@@H]6CC[C@]5(C)[C@]3(C)CC4O)[C@H](O[C@@H]3OC(C)[C@H](O[C@@H]4OC[C@@H](O)C(O[C@@H]5OCC(O)(CO)[C@@H]5O)[C@H]4O)C(O)[C@@H]3O)C2O)[C@H](C)CC)[C@H](C)CC)[C@@H](O)C1O. The molecule has 12 fully saturated rings.